The molecule has 1 heterocycles. The first-order chi connectivity index (χ1) is 12.6. The first kappa shape index (κ1) is 16.2. The van der Waals surface area contributed by atoms with Gasteiger partial charge in [-0.25, -0.2) is 4.79 Å². The number of hydrogen-bond donors (Lipinski definition) is 1. The number of anilines is 1. The quantitative estimate of drug-likeness (QED) is 0.735. The van der Waals surface area contributed by atoms with Crippen LogP contribution in [0.25, 0.3) is 11.1 Å². The predicted molar refractivity (Wildman–Crippen MR) is 102 cm³/mol. The van der Waals surface area contributed by atoms with Crippen molar-refractivity contribution in [1.82, 2.24) is 0 Å². The van der Waals surface area contributed by atoms with Crippen LogP contribution >= 0.6 is 0 Å². The Morgan fingerprint density at radius 2 is 1.73 bits per heavy atom. The van der Waals surface area contributed by atoms with Crippen LogP contribution in [0, 0.1) is 0 Å². The first-order valence-corrected chi connectivity index (χ1v) is 8.56. The van der Waals surface area contributed by atoms with Gasteiger partial charge in [0.2, 0.25) is 0 Å². The Labute approximate surface area is 152 Å². The molecule has 0 saturated heterocycles. The van der Waals surface area contributed by atoms with Gasteiger partial charge < -0.3 is 14.7 Å². The van der Waals surface area contributed by atoms with Gasteiger partial charge in [0.05, 0.1) is 5.56 Å². The number of carboxylic acids is 1. The Hall–Kier alpha value is -3.27. The van der Waals surface area contributed by atoms with Crippen LogP contribution in [0.5, 0.6) is 11.5 Å². The summed E-state index contributed by atoms with van der Waals surface area (Å²) < 4.78 is 5.88. The highest BCUT2D eigenvalue weighted by atomic mass is 16.5. The van der Waals surface area contributed by atoms with Crippen LogP contribution in [0.15, 0.2) is 66.7 Å². The fourth-order valence-electron chi connectivity index (χ4n) is 3.29. The standard InChI is InChI=1S/C22H19NO3/c1-23-12-11-18-13-17(7-10-21(18)23)16-3-2-4-20(14-16)26-19-8-5-15(6-9-19)22(24)25/h2-10,13-14H,11-12H2,1H3,(H,24,25). The molecule has 0 aliphatic carbocycles. The number of rotatable bonds is 4. The molecule has 0 fully saturated rings. The summed E-state index contributed by atoms with van der Waals surface area (Å²) in [6, 6.07) is 20.9. The topological polar surface area (TPSA) is 49.8 Å². The van der Waals surface area contributed by atoms with E-state index in [1.807, 2.05) is 18.2 Å². The molecule has 4 rings (SSSR count). The van der Waals surface area contributed by atoms with Crippen LogP contribution in [-0.4, -0.2) is 24.7 Å². The molecule has 0 bridgehead atoms. The van der Waals surface area contributed by atoms with E-state index >= 15 is 0 Å². The third-order valence-corrected chi connectivity index (χ3v) is 4.71. The molecule has 4 nitrogen and oxygen atoms in total. The van der Waals surface area contributed by atoms with Crippen molar-refractivity contribution in [2.24, 2.45) is 0 Å². The molecule has 130 valence electrons. The molecule has 26 heavy (non-hydrogen) atoms. The van der Waals surface area contributed by atoms with E-state index < -0.39 is 5.97 Å². The van der Waals surface area contributed by atoms with Crippen molar-refractivity contribution < 1.29 is 14.6 Å². The van der Waals surface area contributed by atoms with Gasteiger partial charge in [-0.2, -0.15) is 0 Å². The second kappa shape index (κ2) is 6.56. The van der Waals surface area contributed by atoms with Gasteiger partial charge in [0.1, 0.15) is 11.5 Å². The maximum Gasteiger partial charge on any atom is 0.335 e. The van der Waals surface area contributed by atoms with E-state index in [2.05, 4.69) is 36.2 Å². The van der Waals surface area contributed by atoms with Crippen LogP contribution in [-0.2, 0) is 6.42 Å². The lowest BCUT2D eigenvalue weighted by atomic mass is 10.0. The van der Waals surface area contributed by atoms with Gasteiger partial charge in [0.15, 0.2) is 0 Å². The highest BCUT2D eigenvalue weighted by Gasteiger charge is 2.16. The number of carboxylic acid groups (broad SMARTS) is 1. The Morgan fingerprint density at radius 1 is 0.962 bits per heavy atom. The lowest BCUT2D eigenvalue weighted by Crippen LogP contribution is -2.12. The summed E-state index contributed by atoms with van der Waals surface area (Å²) in [4.78, 5) is 13.2. The Bertz CT molecular complexity index is 963. The molecule has 3 aromatic rings. The summed E-state index contributed by atoms with van der Waals surface area (Å²) in [5.41, 5.74) is 5.20. The lowest BCUT2D eigenvalue weighted by molar-refractivity contribution is 0.0697. The van der Waals surface area contributed by atoms with Gasteiger partial charge in [0.25, 0.3) is 0 Å². The van der Waals surface area contributed by atoms with E-state index in [9.17, 15) is 4.79 Å². The number of nitrogens with zero attached hydrogens (tertiary/aromatic N) is 1. The molecule has 3 aromatic carbocycles. The van der Waals surface area contributed by atoms with Gasteiger partial charge >= 0.3 is 5.97 Å². The number of likely N-dealkylation sites (N-methyl/N-ethyl adjacent to an activating group) is 1. The van der Waals surface area contributed by atoms with Crippen molar-refractivity contribution in [1.29, 1.82) is 0 Å². The largest absolute Gasteiger partial charge is 0.478 e. The van der Waals surface area contributed by atoms with E-state index in [-0.39, 0.29) is 5.56 Å². The summed E-state index contributed by atoms with van der Waals surface area (Å²) in [5, 5.41) is 8.97. The molecule has 0 amide bonds. The number of ether oxygens (including phenoxy) is 1. The van der Waals surface area contributed by atoms with Gasteiger partial charge in [0, 0.05) is 19.3 Å². The van der Waals surface area contributed by atoms with E-state index in [0.29, 0.717) is 5.75 Å². The highest BCUT2D eigenvalue weighted by Crippen LogP contribution is 2.33. The molecule has 1 aliphatic heterocycles. The molecule has 0 aromatic heterocycles. The maximum absolute atomic E-state index is 10.9. The van der Waals surface area contributed by atoms with Gasteiger partial charge in [-0.1, -0.05) is 18.2 Å². The highest BCUT2D eigenvalue weighted by molar-refractivity contribution is 5.87. The summed E-state index contributed by atoms with van der Waals surface area (Å²) in [5.74, 6) is 0.395. The van der Waals surface area contributed by atoms with Crippen molar-refractivity contribution in [2.45, 2.75) is 6.42 Å². The molecule has 0 spiro atoms. The minimum absolute atomic E-state index is 0.245. The van der Waals surface area contributed by atoms with E-state index in [4.69, 9.17) is 9.84 Å². The molecule has 0 saturated carbocycles. The van der Waals surface area contributed by atoms with Gasteiger partial charge in [-0.15, -0.1) is 0 Å². The monoisotopic (exact) mass is 345 g/mol. The van der Waals surface area contributed by atoms with Crippen LogP contribution in [0.1, 0.15) is 15.9 Å². The normalized spacial score (nSPS) is 12.7. The zero-order chi connectivity index (χ0) is 18.1. The number of fused-ring (bicyclic) bond motifs is 1. The second-order valence-corrected chi connectivity index (χ2v) is 6.47. The van der Waals surface area contributed by atoms with Crippen LogP contribution in [0.3, 0.4) is 0 Å². The van der Waals surface area contributed by atoms with Crippen molar-refractivity contribution in [3.63, 3.8) is 0 Å². The summed E-state index contributed by atoms with van der Waals surface area (Å²) >= 11 is 0. The minimum atomic E-state index is -0.944. The molecule has 4 heteroatoms. The minimum Gasteiger partial charge on any atom is -0.478 e. The molecule has 1 N–H and O–H groups in total. The van der Waals surface area contributed by atoms with Crippen molar-refractivity contribution in [3.8, 4) is 22.6 Å². The number of benzene rings is 3. The number of hydrogen-bond acceptors (Lipinski definition) is 3. The van der Waals surface area contributed by atoms with Gasteiger partial charge in [-0.05, 0) is 71.6 Å². The Balaban J connectivity index is 1.58. The van der Waals surface area contributed by atoms with E-state index in [1.165, 1.54) is 16.8 Å². The average Bonchev–Trinajstić information content (AvgIpc) is 3.03. The van der Waals surface area contributed by atoms with Crippen molar-refractivity contribution in [2.75, 3.05) is 18.5 Å². The zero-order valence-corrected chi connectivity index (χ0v) is 14.5. The summed E-state index contributed by atoms with van der Waals surface area (Å²) in [6.07, 6.45) is 1.08. The molecule has 0 unspecified atom stereocenters. The molecule has 0 radical (unpaired) electrons. The Kier molecular flexibility index (Phi) is 4.09. The van der Waals surface area contributed by atoms with Gasteiger partial charge in [-0.3, -0.25) is 0 Å². The Morgan fingerprint density at radius 3 is 2.50 bits per heavy atom. The molecule has 0 atom stereocenters. The third kappa shape index (κ3) is 3.14. The summed E-state index contributed by atoms with van der Waals surface area (Å²) in [6.45, 7) is 1.06. The first-order valence-electron chi connectivity index (χ1n) is 8.56. The fourth-order valence-corrected chi connectivity index (χ4v) is 3.29. The lowest BCUT2D eigenvalue weighted by Gasteiger charge is -2.13. The van der Waals surface area contributed by atoms with Crippen LogP contribution in [0.4, 0.5) is 5.69 Å². The third-order valence-electron chi connectivity index (χ3n) is 4.71. The predicted octanol–water partition coefficient (Wildman–Crippen LogP) is 4.84. The molecular weight excluding hydrogens is 326 g/mol. The van der Waals surface area contributed by atoms with Crippen molar-refractivity contribution in [3.05, 3.63) is 77.9 Å². The zero-order valence-electron chi connectivity index (χ0n) is 14.5. The summed E-state index contributed by atoms with van der Waals surface area (Å²) in [7, 11) is 2.12. The maximum atomic E-state index is 10.9. The van der Waals surface area contributed by atoms with Crippen LogP contribution in [0.2, 0.25) is 0 Å². The second-order valence-electron chi connectivity index (χ2n) is 6.47. The number of carbonyl (C=O) groups is 1. The van der Waals surface area contributed by atoms with E-state index in [0.717, 1.165) is 24.3 Å². The van der Waals surface area contributed by atoms with Crippen molar-refractivity contribution >= 4 is 11.7 Å². The smallest absolute Gasteiger partial charge is 0.335 e. The number of aromatic carboxylic acids is 1. The van der Waals surface area contributed by atoms with Crippen LogP contribution < -0.4 is 9.64 Å². The SMILES string of the molecule is CN1CCc2cc(-c3cccc(Oc4ccc(C(=O)O)cc4)c3)ccc21. The molecular formula is C22H19NO3. The fraction of sp³-hybridized carbons (Fsp3) is 0.136. The molecule has 1 aliphatic rings. The van der Waals surface area contributed by atoms with E-state index in [1.54, 1.807) is 24.3 Å². The average molecular weight is 345 g/mol.